The van der Waals surface area contributed by atoms with E-state index in [0.717, 1.165) is 19.3 Å². The van der Waals surface area contributed by atoms with E-state index in [4.69, 9.17) is 4.74 Å². The van der Waals surface area contributed by atoms with Gasteiger partial charge in [0, 0.05) is 17.9 Å². The van der Waals surface area contributed by atoms with Gasteiger partial charge in [0.2, 0.25) is 0 Å². The number of carbonyl (C=O) groups is 1. The lowest BCUT2D eigenvalue weighted by molar-refractivity contribution is -0.145. The molecule has 2 aliphatic carbocycles. The molecule has 0 bridgehead atoms. The van der Waals surface area contributed by atoms with Crippen LogP contribution in [0.4, 0.5) is 0 Å². The number of esters is 1. The Hall–Kier alpha value is -1.31. The minimum Gasteiger partial charge on any atom is -0.458 e. The van der Waals surface area contributed by atoms with E-state index in [2.05, 4.69) is 39.8 Å². The number of rotatable bonds is 2. The van der Waals surface area contributed by atoms with Gasteiger partial charge in [0.15, 0.2) is 0 Å². The van der Waals surface area contributed by atoms with E-state index in [1.165, 1.54) is 11.1 Å². The molecule has 22 heavy (non-hydrogen) atoms. The van der Waals surface area contributed by atoms with Crippen LogP contribution in [0.5, 0.6) is 0 Å². The van der Waals surface area contributed by atoms with E-state index < -0.39 is 0 Å². The first-order chi connectivity index (χ1) is 10.3. The van der Waals surface area contributed by atoms with Crippen molar-refractivity contribution < 1.29 is 9.53 Å². The van der Waals surface area contributed by atoms with Crippen molar-refractivity contribution in [3.63, 3.8) is 0 Å². The van der Waals surface area contributed by atoms with Crippen LogP contribution in [0.15, 0.2) is 34.9 Å². The molecule has 0 N–H and O–H groups in total. The summed E-state index contributed by atoms with van der Waals surface area (Å²) in [6.07, 6.45) is 9.62. The van der Waals surface area contributed by atoms with Crippen molar-refractivity contribution >= 4 is 5.97 Å². The van der Waals surface area contributed by atoms with Gasteiger partial charge in [-0.15, -0.1) is 0 Å². The smallest absolute Gasteiger partial charge is 0.333 e. The lowest BCUT2D eigenvalue weighted by atomic mass is 9.98. The van der Waals surface area contributed by atoms with E-state index in [1.807, 2.05) is 19.9 Å². The SMILES string of the molecule is C/C=C(/C)C(=O)O[C@@H]1C/C(C)=C/CC/C(C)=C/[C@@H]2[C@H]1C2(C)C. The van der Waals surface area contributed by atoms with E-state index in [-0.39, 0.29) is 17.5 Å². The molecule has 0 amide bonds. The molecule has 2 aliphatic rings. The second kappa shape index (κ2) is 6.44. The molecule has 122 valence electrons. The Morgan fingerprint density at radius 3 is 2.64 bits per heavy atom. The molecule has 0 aromatic rings. The number of ether oxygens (including phenoxy) is 1. The first-order valence-electron chi connectivity index (χ1n) is 8.44. The van der Waals surface area contributed by atoms with Crippen LogP contribution in [0.2, 0.25) is 0 Å². The molecule has 0 aromatic carbocycles. The molecule has 3 atom stereocenters. The molecule has 0 aromatic heterocycles. The summed E-state index contributed by atoms with van der Waals surface area (Å²) in [5.41, 5.74) is 3.72. The third kappa shape index (κ3) is 3.53. The van der Waals surface area contributed by atoms with Gasteiger partial charge in [-0.2, -0.15) is 0 Å². The fourth-order valence-corrected chi connectivity index (χ4v) is 3.67. The largest absolute Gasteiger partial charge is 0.458 e. The highest BCUT2D eigenvalue weighted by atomic mass is 16.5. The Balaban J connectivity index is 2.25. The van der Waals surface area contributed by atoms with Crippen LogP contribution in [0.3, 0.4) is 0 Å². The monoisotopic (exact) mass is 302 g/mol. The Morgan fingerprint density at radius 2 is 2.00 bits per heavy atom. The van der Waals surface area contributed by atoms with Crippen molar-refractivity contribution in [1.29, 1.82) is 0 Å². The van der Waals surface area contributed by atoms with Gasteiger partial charge in [-0.1, -0.05) is 43.2 Å². The Labute approximate surface area is 135 Å². The molecule has 2 heteroatoms. The summed E-state index contributed by atoms with van der Waals surface area (Å²) in [6.45, 7) is 12.7. The summed E-state index contributed by atoms with van der Waals surface area (Å²) in [5, 5.41) is 0. The van der Waals surface area contributed by atoms with Crippen LogP contribution >= 0.6 is 0 Å². The van der Waals surface area contributed by atoms with Crippen LogP contribution in [-0.2, 0) is 9.53 Å². The van der Waals surface area contributed by atoms with Gasteiger partial charge in [-0.25, -0.2) is 4.79 Å². The van der Waals surface area contributed by atoms with Crippen molar-refractivity contribution in [2.75, 3.05) is 0 Å². The fourth-order valence-electron chi connectivity index (χ4n) is 3.67. The molecule has 0 saturated heterocycles. The maximum Gasteiger partial charge on any atom is 0.333 e. The van der Waals surface area contributed by atoms with Gasteiger partial charge < -0.3 is 4.74 Å². The minimum absolute atomic E-state index is 0.0131. The highest BCUT2D eigenvalue weighted by Gasteiger charge is 2.60. The Morgan fingerprint density at radius 1 is 1.32 bits per heavy atom. The summed E-state index contributed by atoms with van der Waals surface area (Å²) in [5.74, 6) is 0.791. The summed E-state index contributed by atoms with van der Waals surface area (Å²) in [7, 11) is 0. The van der Waals surface area contributed by atoms with Crippen LogP contribution in [0.1, 0.15) is 60.8 Å². The van der Waals surface area contributed by atoms with Crippen molar-refractivity contribution in [3.8, 4) is 0 Å². The zero-order valence-electron chi connectivity index (χ0n) is 14.9. The molecule has 0 radical (unpaired) electrons. The molecular weight excluding hydrogens is 272 g/mol. The zero-order chi connectivity index (χ0) is 16.5. The van der Waals surface area contributed by atoms with Crippen molar-refractivity contribution in [2.45, 2.75) is 66.9 Å². The number of hydrogen-bond donors (Lipinski definition) is 0. The van der Waals surface area contributed by atoms with E-state index in [9.17, 15) is 4.79 Å². The highest BCUT2D eigenvalue weighted by molar-refractivity contribution is 5.87. The summed E-state index contributed by atoms with van der Waals surface area (Å²) < 4.78 is 5.89. The number of fused-ring (bicyclic) bond motifs is 1. The number of carbonyl (C=O) groups excluding carboxylic acids is 1. The highest BCUT2D eigenvalue weighted by Crippen LogP contribution is 2.62. The van der Waals surface area contributed by atoms with Gasteiger partial charge in [0.25, 0.3) is 0 Å². The van der Waals surface area contributed by atoms with Gasteiger partial charge in [0.05, 0.1) is 0 Å². The molecule has 2 rings (SSSR count). The predicted octanol–water partition coefficient (Wildman–Crippen LogP) is 5.21. The topological polar surface area (TPSA) is 26.3 Å². The fraction of sp³-hybridized carbons (Fsp3) is 0.650. The first-order valence-corrected chi connectivity index (χ1v) is 8.44. The third-order valence-corrected chi connectivity index (χ3v) is 5.43. The van der Waals surface area contributed by atoms with Crippen molar-refractivity contribution in [3.05, 3.63) is 34.9 Å². The molecular formula is C20H30O2. The van der Waals surface area contributed by atoms with Crippen LogP contribution in [0.25, 0.3) is 0 Å². The van der Waals surface area contributed by atoms with Crippen LogP contribution in [-0.4, -0.2) is 12.1 Å². The molecule has 0 heterocycles. The normalized spacial score (nSPS) is 36.3. The first kappa shape index (κ1) is 17.1. The lowest BCUT2D eigenvalue weighted by Gasteiger charge is -2.21. The molecule has 2 nitrogen and oxygen atoms in total. The zero-order valence-corrected chi connectivity index (χ0v) is 14.9. The molecule has 0 aliphatic heterocycles. The second-order valence-electron chi connectivity index (χ2n) is 7.59. The standard InChI is InChI=1S/C20H30O2/c1-7-15(4)19(21)22-17-12-14(3)10-8-9-13(2)11-16-18(17)20(16,5)6/h7,10-11,16-18H,8-9,12H2,1-6H3/b13-11+,14-10+,15-7-/t16-,17-,18-/m1/s1. The quantitative estimate of drug-likeness (QED) is 0.397. The van der Waals surface area contributed by atoms with E-state index in [0.29, 0.717) is 17.4 Å². The maximum absolute atomic E-state index is 12.2. The predicted molar refractivity (Wildman–Crippen MR) is 91.4 cm³/mol. The van der Waals surface area contributed by atoms with Gasteiger partial charge in [-0.05, 0) is 51.9 Å². The van der Waals surface area contributed by atoms with Crippen molar-refractivity contribution in [1.82, 2.24) is 0 Å². The third-order valence-electron chi connectivity index (χ3n) is 5.43. The lowest BCUT2D eigenvalue weighted by Crippen LogP contribution is -2.23. The van der Waals surface area contributed by atoms with Crippen LogP contribution in [0, 0.1) is 17.3 Å². The maximum atomic E-state index is 12.2. The minimum atomic E-state index is -0.167. The van der Waals surface area contributed by atoms with Gasteiger partial charge >= 0.3 is 5.97 Å². The Kier molecular flexibility index (Phi) is 4.99. The molecule has 1 saturated carbocycles. The van der Waals surface area contributed by atoms with Gasteiger partial charge in [-0.3, -0.25) is 0 Å². The van der Waals surface area contributed by atoms with Crippen LogP contribution < -0.4 is 0 Å². The average molecular weight is 302 g/mol. The molecule has 1 fully saturated rings. The van der Waals surface area contributed by atoms with Crippen molar-refractivity contribution in [2.24, 2.45) is 17.3 Å². The van der Waals surface area contributed by atoms with E-state index >= 15 is 0 Å². The summed E-state index contributed by atoms with van der Waals surface area (Å²) in [6, 6.07) is 0. The van der Waals surface area contributed by atoms with E-state index in [1.54, 1.807) is 0 Å². The average Bonchev–Trinajstić information content (AvgIpc) is 2.97. The second-order valence-corrected chi connectivity index (χ2v) is 7.59. The Bertz CT molecular complexity index is 534. The number of hydrogen-bond acceptors (Lipinski definition) is 2. The molecule has 0 unspecified atom stereocenters. The summed E-state index contributed by atoms with van der Waals surface area (Å²) >= 11 is 0. The summed E-state index contributed by atoms with van der Waals surface area (Å²) in [4.78, 5) is 12.2. The number of allylic oxidation sites excluding steroid dienone is 4. The molecule has 0 spiro atoms. The van der Waals surface area contributed by atoms with Gasteiger partial charge in [0.1, 0.15) is 6.10 Å².